The zero-order valence-electron chi connectivity index (χ0n) is 30.5. The highest BCUT2D eigenvalue weighted by Gasteiger charge is 2.67. The Morgan fingerprint density at radius 2 is 1.49 bits per heavy atom. The van der Waals surface area contributed by atoms with Gasteiger partial charge in [-0.15, -0.1) is 57.2 Å². The molecule has 304 valence electrons. The maximum absolute atomic E-state index is 15.4. The Kier molecular flexibility index (Phi) is 15.5. The number of aromatic nitrogens is 8. The Morgan fingerprint density at radius 1 is 0.930 bits per heavy atom. The van der Waals surface area contributed by atoms with Crippen LogP contribution in [0.5, 0.6) is 0 Å². The second-order valence-corrected chi connectivity index (χ2v) is 17.7. The number of carbonyl (C=O) groups excluding carboxylic acids is 4. The predicted octanol–water partition coefficient (Wildman–Crippen LogP) is -0.911. The van der Waals surface area contributed by atoms with Crippen molar-refractivity contribution in [3.8, 4) is 12.1 Å². The van der Waals surface area contributed by atoms with Crippen LogP contribution in [-0.2, 0) is 47.5 Å². The summed E-state index contributed by atoms with van der Waals surface area (Å²) in [5.74, 6) is -4.02. The fraction of sp³-hybridized carbons (Fsp3) is 0.552. The van der Waals surface area contributed by atoms with Gasteiger partial charge in [0.05, 0.1) is 35.1 Å². The molecule has 0 aromatic carbocycles. The molecule has 3 N–H and O–H groups in total. The third kappa shape index (κ3) is 9.65. The quantitative estimate of drug-likeness (QED) is 0.0666. The number of nitriles is 2. The number of aryl methyl sites for hydroxylation is 2. The number of amides is 4. The zero-order chi connectivity index (χ0) is 41.3. The van der Waals surface area contributed by atoms with Gasteiger partial charge in [0.1, 0.15) is 22.1 Å². The fourth-order valence-electron chi connectivity index (χ4n) is 5.66. The van der Waals surface area contributed by atoms with E-state index < -0.39 is 58.0 Å². The van der Waals surface area contributed by atoms with Gasteiger partial charge in [-0.05, 0) is 32.0 Å². The molecule has 5 heterocycles. The van der Waals surface area contributed by atoms with E-state index in [1.165, 1.54) is 52.0 Å². The maximum atomic E-state index is 15.4. The molecule has 3 aliphatic rings. The lowest BCUT2D eigenvalue weighted by atomic mass is 9.97. The lowest BCUT2D eigenvalue weighted by molar-refractivity contribution is -0.191. The highest BCUT2D eigenvalue weighted by atomic mass is 32.2. The monoisotopic (exact) mass is 898 g/mol. The summed E-state index contributed by atoms with van der Waals surface area (Å²) < 4.78 is 14.2. The summed E-state index contributed by atoms with van der Waals surface area (Å²) in [4.78, 5) is 71.3. The van der Waals surface area contributed by atoms with Gasteiger partial charge >= 0.3 is 5.97 Å². The highest BCUT2D eigenvalue weighted by molar-refractivity contribution is 8.01. The van der Waals surface area contributed by atoms with E-state index in [2.05, 4.69) is 41.7 Å². The summed E-state index contributed by atoms with van der Waals surface area (Å²) in [5, 5.41) is 55.6. The van der Waals surface area contributed by atoms with Gasteiger partial charge in [0, 0.05) is 51.3 Å². The third-order valence-corrected chi connectivity index (χ3v) is 14.6. The zero-order valence-corrected chi connectivity index (χ0v) is 35.4. The van der Waals surface area contributed by atoms with E-state index in [4.69, 9.17) is 20.0 Å². The molecule has 2 aromatic rings. The van der Waals surface area contributed by atoms with E-state index in [1.807, 2.05) is 12.1 Å². The molecule has 4 amide bonds. The number of aliphatic carboxylic acids is 1. The minimum atomic E-state index is -1.88. The van der Waals surface area contributed by atoms with E-state index in [-0.39, 0.29) is 51.7 Å². The van der Waals surface area contributed by atoms with Crippen LogP contribution < -0.4 is 10.6 Å². The Balaban J connectivity index is 1.60. The van der Waals surface area contributed by atoms with Crippen LogP contribution in [0.3, 0.4) is 0 Å². The van der Waals surface area contributed by atoms with E-state index in [0.29, 0.717) is 21.5 Å². The molecule has 3 aliphatic heterocycles. The lowest BCUT2D eigenvalue weighted by Gasteiger charge is -2.56. The number of hydrogen-bond donors (Lipinski definition) is 3. The van der Waals surface area contributed by atoms with Gasteiger partial charge in [-0.3, -0.25) is 29.0 Å². The highest BCUT2D eigenvalue weighted by Crippen LogP contribution is 2.49. The fourth-order valence-corrected chi connectivity index (χ4v) is 11.3. The number of tetrazole rings is 2. The van der Waals surface area contributed by atoms with Crippen LogP contribution in [0.15, 0.2) is 32.9 Å². The third-order valence-electron chi connectivity index (χ3n) is 8.17. The van der Waals surface area contributed by atoms with E-state index in [1.54, 1.807) is 14.1 Å². The van der Waals surface area contributed by atoms with Crippen molar-refractivity contribution in [2.75, 3.05) is 60.2 Å². The topological polar surface area (TPSA) is 289 Å². The van der Waals surface area contributed by atoms with Gasteiger partial charge in [-0.1, -0.05) is 23.5 Å². The van der Waals surface area contributed by atoms with Crippen LogP contribution in [0.2, 0.25) is 0 Å². The van der Waals surface area contributed by atoms with Gasteiger partial charge in [0.25, 0.3) is 17.5 Å². The van der Waals surface area contributed by atoms with Crippen molar-refractivity contribution in [2.45, 2.75) is 33.0 Å². The van der Waals surface area contributed by atoms with Crippen molar-refractivity contribution in [1.82, 2.24) is 60.8 Å². The summed E-state index contributed by atoms with van der Waals surface area (Å²) in [7, 11) is 5.79. The molecule has 28 heteroatoms. The number of nitrogens with one attached hydrogen (secondary N) is 2. The van der Waals surface area contributed by atoms with Crippen LogP contribution in [0.1, 0.15) is 0 Å². The maximum Gasteiger partial charge on any atom is 0.352 e. The van der Waals surface area contributed by atoms with Crippen molar-refractivity contribution in [3.63, 3.8) is 0 Å². The number of hydrogen-bond acceptors (Lipinski definition) is 21. The van der Waals surface area contributed by atoms with Gasteiger partial charge in [0.2, 0.25) is 22.1 Å². The normalized spacial score (nSPS) is 21.0. The molecule has 1 saturated heterocycles. The molecule has 0 unspecified atom stereocenters. The van der Waals surface area contributed by atoms with Crippen LogP contribution >= 0.6 is 70.6 Å². The number of ether oxygens (including phenoxy) is 2. The molecule has 4 atom stereocenters. The van der Waals surface area contributed by atoms with Gasteiger partial charge in [-0.2, -0.15) is 10.5 Å². The molecule has 22 nitrogen and oxygen atoms in total. The van der Waals surface area contributed by atoms with E-state index in [0.717, 1.165) is 51.9 Å². The standard InChI is InChI=1S/C29H34N14O8S6/c1-40-27(34-36-38-40)56-11-15-10-55-26-29(51-4,33-18(45)14-53-8-6-31)25(49)43(26)19(15)22(46)42-20(24(47)48)16(12-57-28-35-37-39-41(28)2)9-54-23(42)21(50-3)32-17(44)13-52-7-5-30/h21,23,26H,7-14H2,1-4H3,(H,32,44)(H,33,45)(H,47,48)/t21-,23+,26+,29-/m0/s1. The predicted molar refractivity (Wildman–Crippen MR) is 210 cm³/mol. The molecule has 0 radical (unpaired) electrons. The Labute approximate surface area is 350 Å². The SMILES string of the molecule is CO[C@H](NC(=O)CSCC#N)[C@H]1SCC(CSc2nnnn2C)=C(C(=O)O)N1C(=O)C1=C(CSc2nnnn2C)CS[C@H]2N1C(=O)[C@]2(NC(=O)CSCC#N)OC. The molecule has 2 aromatic heterocycles. The molecule has 0 aliphatic carbocycles. The number of nitrogens with zero attached hydrogens (tertiary/aromatic N) is 12. The first kappa shape index (κ1) is 44.1. The van der Waals surface area contributed by atoms with Crippen molar-refractivity contribution in [1.29, 1.82) is 10.5 Å². The molecular weight excluding hydrogens is 865 g/mol. The van der Waals surface area contributed by atoms with Crippen molar-refractivity contribution in [3.05, 3.63) is 22.5 Å². The molecule has 57 heavy (non-hydrogen) atoms. The molecule has 0 saturated carbocycles. The van der Waals surface area contributed by atoms with Crippen LogP contribution in [0, 0.1) is 22.7 Å². The number of carboxylic acids is 1. The summed E-state index contributed by atoms with van der Waals surface area (Å²) in [5.41, 5.74) is -1.70. The van der Waals surface area contributed by atoms with Crippen LogP contribution in [-0.4, -0.2) is 168 Å². The van der Waals surface area contributed by atoms with Gasteiger partial charge < -0.3 is 25.2 Å². The lowest BCUT2D eigenvalue weighted by Crippen LogP contribution is -2.81. The summed E-state index contributed by atoms with van der Waals surface area (Å²) in [6.07, 6.45) is -1.26. The summed E-state index contributed by atoms with van der Waals surface area (Å²) in [6.45, 7) is 0. The molecule has 0 spiro atoms. The van der Waals surface area contributed by atoms with Gasteiger partial charge in [-0.25, -0.2) is 14.2 Å². The Morgan fingerprint density at radius 3 is 2.00 bits per heavy atom. The number of carboxylic acid groups (broad SMARTS) is 1. The number of methoxy groups -OCH3 is 2. The second-order valence-electron chi connectivity index (χ2n) is 11.7. The molecule has 5 rings (SSSR count). The minimum absolute atomic E-state index is 0.0428. The number of thioether (sulfide) groups is 6. The average Bonchev–Trinajstić information content (AvgIpc) is 3.82. The number of carbonyl (C=O) groups is 5. The number of β-lactam (4-membered cyclic amide) rings is 1. The Bertz CT molecular complexity index is 2030. The van der Waals surface area contributed by atoms with Crippen LogP contribution in [0.25, 0.3) is 0 Å². The smallest absolute Gasteiger partial charge is 0.352 e. The summed E-state index contributed by atoms with van der Waals surface area (Å²) in [6, 6.07) is 3.88. The van der Waals surface area contributed by atoms with Crippen LogP contribution in [0.4, 0.5) is 0 Å². The Hall–Kier alpha value is -4.03. The van der Waals surface area contributed by atoms with E-state index >= 15 is 4.79 Å². The van der Waals surface area contributed by atoms with Crippen molar-refractivity contribution in [2.24, 2.45) is 14.1 Å². The first-order valence-electron chi connectivity index (χ1n) is 16.3. The summed E-state index contributed by atoms with van der Waals surface area (Å²) >= 11 is 6.79. The van der Waals surface area contributed by atoms with Crippen molar-refractivity contribution >= 4 is 100 Å². The second kappa shape index (κ2) is 20.1. The van der Waals surface area contributed by atoms with Crippen molar-refractivity contribution < 1.29 is 38.6 Å². The first-order valence-corrected chi connectivity index (χ1v) is 22.7. The number of fused-ring (bicyclic) bond motifs is 1. The molecule has 0 bridgehead atoms. The molecule has 1 fully saturated rings. The number of rotatable bonds is 19. The molecular formula is C29H34N14O8S6. The minimum Gasteiger partial charge on any atom is -0.477 e. The van der Waals surface area contributed by atoms with Gasteiger partial charge in [0.15, 0.2) is 6.23 Å². The largest absolute Gasteiger partial charge is 0.477 e. The first-order chi connectivity index (χ1) is 27.4. The average molecular weight is 899 g/mol. The van der Waals surface area contributed by atoms with E-state index in [9.17, 15) is 24.3 Å².